The smallest absolute Gasteiger partial charge is 0.242 e. The highest BCUT2D eigenvalue weighted by atomic mass is 16.2. The largest absolute Gasteiger partial charge is 0.361 e. The van der Waals surface area contributed by atoms with Crippen LogP contribution >= 0.6 is 0 Å². The average molecular weight is 434 g/mol. The van der Waals surface area contributed by atoms with Gasteiger partial charge in [-0.25, -0.2) is 0 Å². The Kier molecular flexibility index (Phi) is 8.48. The third-order valence-corrected chi connectivity index (χ3v) is 5.89. The molecule has 3 aromatic rings. The van der Waals surface area contributed by atoms with Crippen molar-refractivity contribution in [3.63, 3.8) is 0 Å². The van der Waals surface area contributed by atoms with E-state index in [4.69, 9.17) is 0 Å². The van der Waals surface area contributed by atoms with E-state index in [0.717, 1.165) is 30.3 Å². The van der Waals surface area contributed by atoms with Crippen LogP contribution in [0.1, 0.15) is 51.2 Å². The van der Waals surface area contributed by atoms with Crippen molar-refractivity contribution in [1.82, 2.24) is 14.8 Å². The Morgan fingerprint density at radius 3 is 2.41 bits per heavy atom. The van der Waals surface area contributed by atoms with Crippen molar-refractivity contribution in [2.75, 3.05) is 13.1 Å². The molecule has 5 heteroatoms. The first-order valence-electron chi connectivity index (χ1n) is 11.7. The third kappa shape index (κ3) is 6.22. The lowest BCUT2D eigenvalue weighted by Gasteiger charge is -2.30. The highest BCUT2D eigenvalue weighted by Crippen LogP contribution is 2.19. The number of aromatic amines is 1. The normalized spacial score (nSPS) is 11.1. The Hall–Kier alpha value is -3.08. The van der Waals surface area contributed by atoms with Crippen molar-refractivity contribution < 1.29 is 9.59 Å². The van der Waals surface area contributed by atoms with Crippen molar-refractivity contribution in [3.8, 4) is 0 Å². The fourth-order valence-electron chi connectivity index (χ4n) is 3.97. The molecule has 0 radical (unpaired) electrons. The first-order valence-corrected chi connectivity index (χ1v) is 11.7. The van der Waals surface area contributed by atoms with Crippen LogP contribution in [0.15, 0.2) is 60.8 Å². The number of carbonyl (C=O) groups excluding carboxylic acids is 2. The first kappa shape index (κ1) is 23.6. The molecule has 0 unspecified atom stereocenters. The van der Waals surface area contributed by atoms with Crippen molar-refractivity contribution in [3.05, 3.63) is 71.9 Å². The molecule has 0 aliphatic heterocycles. The topological polar surface area (TPSA) is 56.4 Å². The quantitative estimate of drug-likeness (QED) is 0.454. The molecule has 170 valence electrons. The summed E-state index contributed by atoms with van der Waals surface area (Å²) in [5.41, 5.74) is 3.40. The number of fused-ring (bicyclic) bond motifs is 1. The number of H-pyrrole nitrogens is 1. The molecule has 0 atom stereocenters. The minimum atomic E-state index is -0.00718. The standard InChI is InChI=1S/C27H35N3O2/c1-4-5-15-26(31)30(21(2)3)20-27(32)29(19-22-11-7-6-8-12-22)17-16-23-18-28-25-14-10-9-13-24(23)25/h6-14,18,21,28H,4-5,15-17,19-20H2,1-3H3. The van der Waals surface area contributed by atoms with Gasteiger partial charge in [-0.15, -0.1) is 0 Å². The van der Waals surface area contributed by atoms with Crippen LogP contribution in [-0.4, -0.2) is 45.7 Å². The Bertz CT molecular complexity index is 1010. The summed E-state index contributed by atoms with van der Waals surface area (Å²) < 4.78 is 0. The summed E-state index contributed by atoms with van der Waals surface area (Å²) in [6.07, 6.45) is 5.11. The fraction of sp³-hybridized carbons (Fsp3) is 0.407. The summed E-state index contributed by atoms with van der Waals surface area (Å²) in [7, 11) is 0. The van der Waals surface area contributed by atoms with Crippen molar-refractivity contribution in [2.45, 2.75) is 59.0 Å². The van der Waals surface area contributed by atoms with Gasteiger partial charge in [-0.3, -0.25) is 9.59 Å². The number of nitrogens with one attached hydrogen (secondary N) is 1. The SMILES string of the molecule is CCCCC(=O)N(CC(=O)N(CCc1c[nH]c2ccccc12)Cc1ccccc1)C(C)C. The Morgan fingerprint density at radius 2 is 1.69 bits per heavy atom. The molecule has 3 rings (SSSR count). The third-order valence-electron chi connectivity index (χ3n) is 5.89. The van der Waals surface area contributed by atoms with E-state index in [0.29, 0.717) is 19.5 Å². The molecule has 0 aliphatic rings. The lowest BCUT2D eigenvalue weighted by atomic mass is 10.1. The molecular weight excluding hydrogens is 398 g/mol. The summed E-state index contributed by atoms with van der Waals surface area (Å²) in [6, 6.07) is 18.3. The molecule has 0 saturated carbocycles. The number of aromatic nitrogens is 1. The molecule has 1 aromatic heterocycles. The summed E-state index contributed by atoms with van der Waals surface area (Å²) >= 11 is 0. The lowest BCUT2D eigenvalue weighted by Crippen LogP contribution is -2.46. The fourth-order valence-corrected chi connectivity index (χ4v) is 3.97. The van der Waals surface area contributed by atoms with E-state index in [1.807, 2.05) is 67.4 Å². The minimum absolute atomic E-state index is 0.00417. The van der Waals surface area contributed by atoms with Gasteiger partial charge in [0, 0.05) is 42.7 Å². The zero-order chi connectivity index (χ0) is 22.9. The second-order valence-electron chi connectivity index (χ2n) is 8.63. The molecule has 0 saturated heterocycles. The van der Waals surface area contributed by atoms with Crippen LogP contribution in [-0.2, 0) is 22.6 Å². The number of benzene rings is 2. The molecule has 2 amide bonds. The predicted molar refractivity (Wildman–Crippen MR) is 130 cm³/mol. The first-order chi connectivity index (χ1) is 15.5. The maximum Gasteiger partial charge on any atom is 0.242 e. The van der Waals surface area contributed by atoms with Gasteiger partial charge in [0.1, 0.15) is 0 Å². The highest BCUT2D eigenvalue weighted by Gasteiger charge is 2.23. The van der Waals surface area contributed by atoms with E-state index < -0.39 is 0 Å². The van der Waals surface area contributed by atoms with Crippen molar-refractivity contribution in [2.24, 2.45) is 0 Å². The monoisotopic (exact) mass is 433 g/mol. The van der Waals surface area contributed by atoms with Crippen LogP contribution in [0.25, 0.3) is 10.9 Å². The van der Waals surface area contributed by atoms with Crippen LogP contribution in [0, 0.1) is 0 Å². The summed E-state index contributed by atoms with van der Waals surface area (Å²) in [6.45, 7) is 7.29. The number of amides is 2. The second-order valence-corrected chi connectivity index (χ2v) is 8.63. The van der Waals surface area contributed by atoms with Crippen LogP contribution in [0.5, 0.6) is 0 Å². The van der Waals surface area contributed by atoms with Gasteiger partial charge in [0.15, 0.2) is 0 Å². The van der Waals surface area contributed by atoms with Crippen LogP contribution in [0.3, 0.4) is 0 Å². The van der Waals surface area contributed by atoms with E-state index in [1.165, 1.54) is 10.9 Å². The number of nitrogens with zero attached hydrogens (tertiary/aromatic N) is 2. The van der Waals surface area contributed by atoms with Gasteiger partial charge in [0.05, 0.1) is 6.54 Å². The maximum atomic E-state index is 13.4. The van der Waals surface area contributed by atoms with Gasteiger partial charge in [-0.2, -0.15) is 0 Å². The van der Waals surface area contributed by atoms with E-state index >= 15 is 0 Å². The molecule has 1 heterocycles. The van der Waals surface area contributed by atoms with Gasteiger partial charge < -0.3 is 14.8 Å². The van der Waals surface area contributed by atoms with E-state index in [1.54, 1.807) is 4.90 Å². The lowest BCUT2D eigenvalue weighted by molar-refractivity contribution is -0.142. The number of hydrogen-bond donors (Lipinski definition) is 1. The zero-order valence-electron chi connectivity index (χ0n) is 19.5. The number of hydrogen-bond acceptors (Lipinski definition) is 2. The van der Waals surface area contributed by atoms with Gasteiger partial charge in [0.2, 0.25) is 11.8 Å². The molecule has 5 nitrogen and oxygen atoms in total. The number of para-hydroxylation sites is 1. The van der Waals surface area contributed by atoms with E-state index in [2.05, 4.69) is 24.0 Å². The summed E-state index contributed by atoms with van der Waals surface area (Å²) in [4.78, 5) is 33.0. The van der Waals surface area contributed by atoms with E-state index in [-0.39, 0.29) is 24.4 Å². The number of rotatable bonds is 11. The molecule has 2 aromatic carbocycles. The van der Waals surface area contributed by atoms with Gasteiger partial charge in [0.25, 0.3) is 0 Å². The van der Waals surface area contributed by atoms with E-state index in [9.17, 15) is 9.59 Å². The maximum absolute atomic E-state index is 13.4. The van der Waals surface area contributed by atoms with Crippen LogP contribution < -0.4 is 0 Å². The predicted octanol–water partition coefficient (Wildman–Crippen LogP) is 5.17. The van der Waals surface area contributed by atoms with Gasteiger partial charge in [-0.1, -0.05) is 61.9 Å². The Labute approximate surface area is 191 Å². The molecule has 0 aliphatic carbocycles. The van der Waals surface area contributed by atoms with Gasteiger partial charge in [-0.05, 0) is 43.9 Å². The van der Waals surface area contributed by atoms with Crippen molar-refractivity contribution in [1.29, 1.82) is 0 Å². The zero-order valence-corrected chi connectivity index (χ0v) is 19.5. The molecule has 0 spiro atoms. The van der Waals surface area contributed by atoms with Crippen LogP contribution in [0.4, 0.5) is 0 Å². The second kappa shape index (κ2) is 11.5. The van der Waals surface area contributed by atoms with Crippen LogP contribution in [0.2, 0.25) is 0 Å². The van der Waals surface area contributed by atoms with Crippen molar-refractivity contribution >= 4 is 22.7 Å². The highest BCUT2D eigenvalue weighted by molar-refractivity contribution is 5.85. The summed E-state index contributed by atoms with van der Waals surface area (Å²) in [5.74, 6) is 0.0544. The molecular formula is C27H35N3O2. The minimum Gasteiger partial charge on any atom is -0.361 e. The average Bonchev–Trinajstić information content (AvgIpc) is 3.22. The Morgan fingerprint density at radius 1 is 0.969 bits per heavy atom. The molecule has 32 heavy (non-hydrogen) atoms. The molecule has 0 fully saturated rings. The molecule has 1 N–H and O–H groups in total. The Balaban J connectivity index is 1.75. The van der Waals surface area contributed by atoms with Gasteiger partial charge >= 0.3 is 0 Å². The number of unbranched alkanes of at least 4 members (excludes halogenated alkanes) is 1. The number of carbonyl (C=O) groups is 2. The molecule has 0 bridgehead atoms. The summed E-state index contributed by atoms with van der Waals surface area (Å²) in [5, 5.41) is 1.19.